The number of rotatable bonds is 3. The SMILES string of the molecule is CC(=O)Nc1nc(N=Nc2snc3nccnc23)ccc1O. The van der Waals surface area contributed by atoms with Crippen LogP contribution in [0.15, 0.2) is 34.8 Å². The molecule has 3 aromatic heterocycles. The van der Waals surface area contributed by atoms with Gasteiger partial charge in [0.15, 0.2) is 28.0 Å². The smallest absolute Gasteiger partial charge is 0.222 e. The van der Waals surface area contributed by atoms with Crippen LogP contribution in [0.4, 0.5) is 16.6 Å². The Bertz CT molecular complexity index is 877. The standard InChI is InChI=1S/C12H9N7O2S/c1-6(20)15-10-7(21)2-3-8(16-10)17-18-12-9-11(19-22-12)14-5-4-13-9/h2-5,21H,1H3,(H,15,16,20). The van der Waals surface area contributed by atoms with Gasteiger partial charge in [0.05, 0.1) is 0 Å². The Morgan fingerprint density at radius 2 is 2.09 bits per heavy atom. The fourth-order valence-corrected chi connectivity index (χ4v) is 2.21. The van der Waals surface area contributed by atoms with Gasteiger partial charge in [-0.3, -0.25) is 4.79 Å². The first-order chi connectivity index (χ1) is 10.6. The molecule has 0 aromatic carbocycles. The Balaban J connectivity index is 1.90. The van der Waals surface area contributed by atoms with E-state index < -0.39 is 0 Å². The molecule has 2 N–H and O–H groups in total. The molecule has 0 bridgehead atoms. The number of fused-ring (bicyclic) bond motifs is 1. The van der Waals surface area contributed by atoms with Crippen molar-refractivity contribution >= 4 is 45.2 Å². The van der Waals surface area contributed by atoms with Crippen molar-refractivity contribution in [1.29, 1.82) is 0 Å². The molecule has 1 amide bonds. The molecule has 0 radical (unpaired) electrons. The molecule has 10 heteroatoms. The highest BCUT2D eigenvalue weighted by atomic mass is 32.1. The number of aromatic hydroxyl groups is 1. The number of amides is 1. The topological polar surface area (TPSA) is 126 Å². The van der Waals surface area contributed by atoms with Crippen LogP contribution >= 0.6 is 11.5 Å². The molecule has 0 fully saturated rings. The van der Waals surface area contributed by atoms with Crippen molar-refractivity contribution in [1.82, 2.24) is 19.3 Å². The van der Waals surface area contributed by atoms with Crippen molar-refractivity contribution in [2.24, 2.45) is 10.2 Å². The molecule has 3 aromatic rings. The number of carbonyl (C=O) groups excluding carboxylic acids is 1. The molecule has 0 atom stereocenters. The number of nitrogens with one attached hydrogen (secondary N) is 1. The average molecular weight is 315 g/mol. The summed E-state index contributed by atoms with van der Waals surface area (Å²) in [6.45, 7) is 1.32. The highest BCUT2D eigenvalue weighted by Gasteiger charge is 2.08. The zero-order valence-electron chi connectivity index (χ0n) is 11.3. The van der Waals surface area contributed by atoms with Gasteiger partial charge < -0.3 is 10.4 Å². The first-order valence-corrected chi connectivity index (χ1v) is 6.86. The number of hydrogen-bond acceptors (Lipinski definition) is 9. The Morgan fingerprint density at radius 1 is 1.27 bits per heavy atom. The van der Waals surface area contributed by atoms with Crippen LogP contribution in [0.2, 0.25) is 0 Å². The maximum absolute atomic E-state index is 11.0. The zero-order valence-corrected chi connectivity index (χ0v) is 12.1. The summed E-state index contributed by atoms with van der Waals surface area (Å²) < 4.78 is 4.10. The minimum absolute atomic E-state index is 0.0258. The quantitative estimate of drug-likeness (QED) is 0.715. The molecule has 9 nitrogen and oxygen atoms in total. The molecule has 3 heterocycles. The van der Waals surface area contributed by atoms with Gasteiger partial charge in [-0.05, 0) is 23.7 Å². The van der Waals surface area contributed by atoms with Crippen molar-refractivity contribution in [3.05, 3.63) is 24.5 Å². The largest absolute Gasteiger partial charge is 0.504 e. The molecular weight excluding hydrogens is 306 g/mol. The number of anilines is 1. The van der Waals surface area contributed by atoms with Gasteiger partial charge in [0.25, 0.3) is 0 Å². The van der Waals surface area contributed by atoms with Gasteiger partial charge in [-0.15, -0.1) is 10.2 Å². The van der Waals surface area contributed by atoms with Crippen LogP contribution in [-0.2, 0) is 4.79 Å². The van der Waals surface area contributed by atoms with E-state index in [0.29, 0.717) is 16.2 Å². The first kappa shape index (κ1) is 13.9. The molecule has 0 unspecified atom stereocenters. The van der Waals surface area contributed by atoms with Crippen LogP contribution in [0.3, 0.4) is 0 Å². The molecule has 0 aliphatic carbocycles. The minimum Gasteiger partial charge on any atom is -0.504 e. The van der Waals surface area contributed by atoms with E-state index >= 15 is 0 Å². The maximum atomic E-state index is 11.0. The van der Waals surface area contributed by atoms with Crippen LogP contribution < -0.4 is 5.32 Å². The third-order valence-electron chi connectivity index (χ3n) is 2.50. The second kappa shape index (κ2) is 5.77. The monoisotopic (exact) mass is 315 g/mol. The molecule has 0 aliphatic rings. The van der Waals surface area contributed by atoms with Crippen molar-refractivity contribution in [2.75, 3.05) is 5.32 Å². The molecular formula is C12H9N7O2S. The Hall–Kier alpha value is -3.01. The molecule has 0 spiro atoms. The van der Waals surface area contributed by atoms with E-state index in [1.54, 1.807) is 12.4 Å². The Labute approximate surface area is 128 Å². The lowest BCUT2D eigenvalue weighted by Crippen LogP contribution is -2.07. The molecule has 0 saturated carbocycles. The second-order valence-electron chi connectivity index (χ2n) is 4.13. The summed E-state index contributed by atoms with van der Waals surface area (Å²) in [5.41, 5.74) is 1.05. The van der Waals surface area contributed by atoms with Gasteiger partial charge in [-0.2, -0.15) is 4.37 Å². The fraction of sp³-hybridized carbons (Fsp3) is 0.0833. The molecule has 22 heavy (non-hydrogen) atoms. The number of azo groups is 1. The lowest BCUT2D eigenvalue weighted by Gasteiger charge is -2.03. The predicted octanol–water partition coefficient (Wildman–Crippen LogP) is 2.56. The van der Waals surface area contributed by atoms with Gasteiger partial charge in [-0.1, -0.05) is 0 Å². The Kier molecular flexibility index (Phi) is 3.66. The lowest BCUT2D eigenvalue weighted by atomic mass is 10.4. The normalized spacial score (nSPS) is 11.1. The van der Waals surface area contributed by atoms with E-state index in [1.165, 1.54) is 19.1 Å². The van der Waals surface area contributed by atoms with Crippen LogP contribution in [-0.4, -0.2) is 30.3 Å². The summed E-state index contributed by atoms with van der Waals surface area (Å²) in [6, 6.07) is 2.84. The third kappa shape index (κ3) is 2.86. The fourth-order valence-electron chi connectivity index (χ4n) is 1.60. The van der Waals surface area contributed by atoms with E-state index in [1.807, 2.05) is 0 Å². The molecule has 0 saturated heterocycles. The van der Waals surface area contributed by atoms with Crippen LogP contribution in [0.1, 0.15) is 6.92 Å². The van der Waals surface area contributed by atoms with Gasteiger partial charge in [0.2, 0.25) is 5.91 Å². The Morgan fingerprint density at radius 3 is 2.91 bits per heavy atom. The predicted molar refractivity (Wildman–Crippen MR) is 79.6 cm³/mol. The maximum Gasteiger partial charge on any atom is 0.222 e. The highest BCUT2D eigenvalue weighted by Crippen LogP contribution is 2.30. The summed E-state index contributed by atoms with van der Waals surface area (Å²) in [7, 11) is 0. The van der Waals surface area contributed by atoms with Crippen LogP contribution in [0.5, 0.6) is 5.75 Å². The van der Waals surface area contributed by atoms with Crippen molar-refractivity contribution < 1.29 is 9.90 Å². The summed E-state index contributed by atoms with van der Waals surface area (Å²) in [4.78, 5) is 23.2. The second-order valence-corrected chi connectivity index (χ2v) is 4.89. The summed E-state index contributed by atoms with van der Waals surface area (Å²) in [5, 5.41) is 20.5. The van der Waals surface area contributed by atoms with Gasteiger partial charge in [0.1, 0.15) is 5.52 Å². The van der Waals surface area contributed by atoms with Gasteiger partial charge in [-0.25, -0.2) is 15.0 Å². The molecule has 110 valence electrons. The highest BCUT2D eigenvalue weighted by molar-refractivity contribution is 7.11. The number of hydrogen-bond donors (Lipinski definition) is 2. The third-order valence-corrected chi connectivity index (χ3v) is 3.21. The van der Waals surface area contributed by atoms with E-state index in [2.05, 4.69) is 34.9 Å². The molecule has 3 rings (SSSR count). The van der Waals surface area contributed by atoms with Crippen LogP contribution in [0, 0.1) is 0 Å². The van der Waals surface area contributed by atoms with Crippen molar-refractivity contribution in [2.45, 2.75) is 6.92 Å². The van der Waals surface area contributed by atoms with E-state index in [0.717, 1.165) is 11.5 Å². The number of aromatic nitrogens is 4. The van der Waals surface area contributed by atoms with Crippen LogP contribution in [0.25, 0.3) is 11.2 Å². The summed E-state index contributed by atoms with van der Waals surface area (Å²) in [6.07, 6.45) is 3.09. The number of carbonyl (C=O) groups is 1. The van der Waals surface area contributed by atoms with E-state index in [4.69, 9.17) is 0 Å². The minimum atomic E-state index is -0.347. The summed E-state index contributed by atoms with van der Waals surface area (Å²) >= 11 is 1.12. The van der Waals surface area contributed by atoms with E-state index in [-0.39, 0.29) is 23.3 Å². The van der Waals surface area contributed by atoms with Crippen molar-refractivity contribution in [3.8, 4) is 5.75 Å². The zero-order chi connectivity index (χ0) is 15.5. The molecule has 0 aliphatic heterocycles. The van der Waals surface area contributed by atoms with Crippen molar-refractivity contribution in [3.63, 3.8) is 0 Å². The van der Waals surface area contributed by atoms with Gasteiger partial charge >= 0.3 is 0 Å². The number of nitrogens with zero attached hydrogens (tertiary/aromatic N) is 6. The van der Waals surface area contributed by atoms with Gasteiger partial charge in [0, 0.05) is 19.3 Å². The summed E-state index contributed by atoms with van der Waals surface area (Å²) in [5.74, 6) is -0.242. The van der Waals surface area contributed by atoms with E-state index in [9.17, 15) is 9.90 Å². The number of pyridine rings is 1. The average Bonchev–Trinajstić information content (AvgIpc) is 2.91. The first-order valence-electron chi connectivity index (χ1n) is 6.09. The lowest BCUT2D eigenvalue weighted by molar-refractivity contribution is -0.114.